The molecule has 16 aromatic carbocycles. The Balaban J connectivity index is 1.28. The molecule has 4 aliphatic carbocycles. The Hall–Kier alpha value is -7.54. The van der Waals surface area contributed by atoms with Crippen molar-refractivity contribution in [3.63, 3.8) is 0 Å². The molecule has 0 heteroatoms. The molecule has 0 nitrogen and oxygen atoms in total. The average molecular weight is 745 g/mol. The Morgan fingerprint density at radius 1 is 0.167 bits per heavy atom. The molecule has 0 aromatic heterocycles. The van der Waals surface area contributed by atoms with Gasteiger partial charge < -0.3 is 0 Å². The van der Waals surface area contributed by atoms with Gasteiger partial charge in [0.1, 0.15) is 0 Å². The molecular formula is C60H24. The SMILES string of the molecule is c1cc2c3c(c1)-c1cccc4c1c1c5c6c7c8c(ccc9c%10cccc%11c%12cccc%13c%14cccc%15c%16ccc4c5c%16c4c6c(c89)c(c%10%11)c(c%12%13)c4c%14%15)-c4cccc-2c4C7C31. The molecule has 0 radical (unpaired) electrons. The molecule has 0 amide bonds. The molecule has 0 saturated heterocycles. The van der Waals surface area contributed by atoms with Crippen LogP contribution in [-0.4, -0.2) is 0 Å². The third kappa shape index (κ3) is 2.25. The van der Waals surface area contributed by atoms with Crippen molar-refractivity contribution in [3.05, 3.63) is 156 Å². The van der Waals surface area contributed by atoms with E-state index in [1.807, 2.05) is 0 Å². The number of benzene rings is 16. The lowest BCUT2D eigenvalue weighted by molar-refractivity contribution is 0.695. The number of hydrogen-bond acceptors (Lipinski definition) is 0. The first kappa shape index (κ1) is 27.2. The predicted octanol–water partition coefficient (Wildman–Crippen LogP) is 16.5. The monoisotopic (exact) mass is 744 g/mol. The van der Waals surface area contributed by atoms with E-state index in [9.17, 15) is 0 Å². The quantitative estimate of drug-likeness (QED) is 0.107. The van der Waals surface area contributed by atoms with Crippen LogP contribution in [0.1, 0.15) is 34.1 Å². The maximum Gasteiger partial charge on any atom is 0.0225 e. The minimum absolute atomic E-state index is 0.240. The van der Waals surface area contributed by atoms with E-state index in [1.54, 1.807) is 33.0 Å². The van der Waals surface area contributed by atoms with Crippen LogP contribution in [0.2, 0.25) is 0 Å². The second-order valence-corrected chi connectivity index (χ2v) is 19.1. The van der Waals surface area contributed by atoms with Crippen LogP contribution in [-0.2, 0) is 0 Å². The summed E-state index contributed by atoms with van der Waals surface area (Å²) in [6, 6.07) is 53.3. The first-order chi connectivity index (χ1) is 29.9. The van der Waals surface area contributed by atoms with Crippen LogP contribution < -0.4 is 0 Å². The highest BCUT2D eigenvalue weighted by atomic mass is 14.5. The molecule has 264 valence electrons. The Labute approximate surface area is 339 Å². The highest BCUT2D eigenvalue weighted by molar-refractivity contribution is 6.61. The lowest BCUT2D eigenvalue weighted by Gasteiger charge is -2.48. The van der Waals surface area contributed by atoms with Crippen LogP contribution in [0.25, 0.3) is 173 Å². The van der Waals surface area contributed by atoms with E-state index in [0.29, 0.717) is 0 Å². The van der Waals surface area contributed by atoms with Crippen molar-refractivity contribution in [2.75, 3.05) is 0 Å². The zero-order valence-corrected chi connectivity index (χ0v) is 31.9. The topological polar surface area (TPSA) is 0 Å². The maximum atomic E-state index is 2.52. The van der Waals surface area contributed by atoms with Gasteiger partial charge in [-0.2, -0.15) is 0 Å². The summed E-state index contributed by atoms with van der Waals surface area (Å²) < 4.78 is 0. The molecule has 0 aliphatic heterocycles. The lowest BCUT2D eigenvalue weighted by Crippen LogP contribution is -2.28. The summed E-state index contributed by atoms with van der Waals surface area (Å²) in [5.74, 6) is 0.489. The number of rotatable bonds is 0. The summed E-state index contributed by atoms with van der Waals surface area (Å²) in [6.45, 7) is 0. The Bertz CT molecular complexity index is 4850. The van der Waals surface area contributed by atoms with Gasteiger partial charge >= 0.3 is 0 Å². The Morgan fingerprint density at radius 3 is 0.967 bits per heavy atom. The van der Waals surface area contributed by atoms with Crippen LogP contribution in [0, 0.1) is 0 Å². The zero-order valence-electron chi connectivity index (χ0n) is 31.9. The molecule has 2 atom stereocenters. The van der Waals surface area contributed by atoms with E-state index >= 15 is 0 Å². The van der Waals surface area contributed by atoms with Crippen molar-refractivity contribution in [3.8, 4) is 33.4 Å². The molecule has 2 unspecified atom stereocenters. The van der Waals surface area contributed by atoms with E-state index in [0.717, 1.165) is 0 Å². The number of hydrogen-bond donors (Lipinski definition) is 0. The molecule has 4 aliphatic rings. The van der Waals surface area contributed by atoms with Crippen molar-refractivity contribution in [2.45, 2.75) is 11.8 Å². The van der Waals surface area contributed by atoms with Crippen LogP contribution in [0.4, 0.5) is 0 Å². The Morgan fingerprint density at radius 2 is 0.450 bits per heavy atom. The van der Waals surface area contributed by atoms with Gasteiger partial charge in [-0.1, -0.05) is 133 Å². The summed E-state index contributed by atoms with van der Waals surface area (Å²) in [4.78, 5) is 0. The largest absolute Gasteiger partial charge is 0.0610 e. The van der Waals surface area contributed by atoms with Gasteiger partial charge in [-0.3, -0.25) is 0 Å². The normalized spacial score (nSPS) is 17.3. The van der Waals surface area contributed by atoms with E-state index in [2.05, 4.69) is 133 Å². The predicted molar refractivity (Wildman–Crippen MR) is 255 cm³/mol. The maximum absolute atomic E-state index is 2.52. The Kier molecular flexibility index (Phi) is 3.60. The summed E-state index contributed by atoms with van der Waals surface area (Å²) >= 11 is 0. The van der Waals surface area contributed by atoms with Gasteiger partial charge in [0.15, 0.2) is 0 Å². The second-order valence-electron chi connectivity index (χ2n) is 19.1. The summed E-state index contributed by atoms with van der Waals surface area (Å²) in [5, 5.41) is 38.0. The minimum atomic E-state index is 0.240. The molecule has 0 saturated carbocycles. The fourth-order valence-corrected chi connectivity index (χ4v) is 15.9. The fraction of sp³-hybridized carbons (Fsp3) is 0.0333. The van der Waals surface area contributed by atoms with Crippen molar-refractivity contribution >= 4 is 140 Å². The first-order valence-corrected chi connectivity index (χ1v) is 21.8. The molecular weight excluding hydrogens is 721 g/mol. The standard InChI is InChI=1S/C60H24/c1-7-23-27-11-3-15-31-35-19-21-37-33-17-5-13-29-25-9-2-10-26-30-14-6-18-34-38-22-20-36-32-16-4-12-28-24(8-1)39(23)49-51(41(27)31)55-45(35)47(37)57-53(43(29)33)50(40(25)26)54(44(30)34)58-48(38)46(36)56(52(49)42(28)32)59(55)60(57)58/h1-22,49,51H. The van der Waals surface area contributed by atoms with Crippen LogP contribution in [0.3, 0.4) is 0 Å². The first-order valence-electron chi connectivity index (χ1n) is 21.8. The van der Waals surface area contributed by atoms with E-state index < -0.39 is 0 Å². The summed E-state index contributed by atoms with van der Waals surface area (Å²) in [5.41, 5.74) is 14.9. The smallest absolute Gasteiger partial charge is 0.0225 e. The second kappa shape index (κ2) is 7.94. The van der Waals surface area contributed by atoms with Gasteiger partial charge in [0, 0.05) is 11.8 Å². The van der Waals surface area contributed by atoms with Crippen molar-refractivity contribution in [2.24, 2.45) is 0 Å². The van der Waals surface area contributed by atoms with Crippen molar-refractivity contribution < 1.29 is 0 Å². The van der Waals surface area contributed by atoms with Crippen LogP contribution in [0.15, 0.2) is 133 Å². The van der Waals surface area contributed by atoms with Gasteiger partial charge in [0.2, 0.25) is 0 Å². The molecule has 16 aromatic rings. The molecule has 0 N–H and O–H groups in total. The van der Waals surface area contributed by atoms with E-state index in [1.165, 1.54) is 163 Å². The van der Waals surface area contributed by atoms with Crippen molar-refractivity contribution in [1.82, 2.24) is 0 Å². The minimum Gasteiger partial charge on any atom is -0.0610 e. The molecule has 0 heterocycles. The molecule has 60 heavy (non-hydrogen) atoms. The van der Waals surface area contributed by atoms with Gasteiger partial charge in [0.05, 0.1) is 0 Å². The van der Waals surface area contributed by atoms with Gasteiger partial charge in [-0.05, 0) is 196 Å². The fourth-order valence-electron chi connectivity index (χ4n) is 15.9. The highest BCUT2D eigenvalue weighted by Crippen LogP contribution is 2.71. The van der Waals surface area contributed by atoms with E-state index in [-0.39, 0.29) is 11.8 Å². The summed E-state index contributed by atoms with van der Waals surface area (Å²) in [7, 11) is 0. The molecule has 20 rings (SSSR count). The molecule has 0 fully saturated rings. The highest BCUT2D eigenvalue weighted by Gasteiger charge is 2.50. The zero-order chi connectivity index (χ0) is 37.5. The summed E-state index contributed by atoms with van der Waals surface area (Å²) in [6.07, 6.45) is 0. The van der Waals surface area contributed by atoms with Gasteiger partial charge in [0.25, 0.3) is 0 Å². The molecule has 0 bridgehead atoms. The van der Waals surface area contributed by atoms with Crippen molar-refractivity contribution in [1.29, 1.82) is 0 Å². The van der Waals surface area contributed by atoms with Crippen LogP contribution >= 0.6 is 0 Å². The number of fused-ring (bicyclic) bond motifs is 8. The van der Waals surface area contributed by atoms with Gasteiger partial charge in [-0.15, -0.1) is 0 Å². The molecule has 0 spiro atoms. The van der Waals surface area contributed by atoms with Crippen LogP contribution in [0.5, 0.6) is 0 Å². The third-order valence-electron chi connectivity index (χ3n) is 17.4. The third-order valence-corrected chi connectivity index (χ3v) is 17.4. The van der Waals surface area contributed by atoms with E-state index in [4.69, 9.17) is 0 Å². The van der Waals surface area contributed by atoms with Gasteiger partial charge in [-0.25, -0.2) is 0 Å². The lowest BCUT2D eigenvalue weighted by atomic mass is 9.54. The average Bonchev–Trinajstić information content (AvgIpc) is 3.31.